The molecular weight excluding hydrogens is 374 g/mol. The molecule has 1 heterocycles. The van der Waals surface area contributed by atoms with E-state index in [1.54, 1.807) is 0 Å². The maximum absolute atomic E-state index is 12.3. The summed E-state index contributed by atoms with van der Waals surface area (Å²) in [6.07, 6.45) is 5.44. The SMILES string of the molecule is NC(=O)c1c(NC(=O)CCNC(=O)Cc2ccccc2)sc2c1CCCCC2. The van der Waals surface area contributed by atoms with Gasteiger partial charge < -0.3 is 16.4 Å². The molecule has 1 aliphatic rings. The van der Waals surface area contributed by atoms with Gasteiger partial charge in [0.15, 0.2) is 0 Å². The summed E-state index contributed by atoms with van der Waals surface area (Å²) in [6, 6.07) is 9.44. The molecule has 0 spiro atoms. The van der Waals surface area contributed by atoms with E-state index in [4.69, 9.17) is 5.73 Å². The van der Waals surface area contributed by atoms with Crippen LogP contribution < -0.4 is 16.4 Å². The second kappa shape index (κ2) is 9.50. The van der Waals surface area contributed by atoms with Crippen LogP contribution in [0.25, 0.3) is 0 Å². The Hall–Kier alpha value is -2.67. The van der Waals surface area contributed by atoms with Gasteiger partial charge >= 0.3 is 0 Å². The van der Waals surface area contributed by atoms with Crippen LogP contribution in [0.5, 0.6) is 0 Å². The lowest BCUT2D eigenvalue weighted by atomic mass is 10.1. The minimum Gasteiger partial charge on any atom is -0.365 e. The first-order valence-electron chi connectivity index (χ1n) is 9.59. The highest BCUT2D eigenvalue weighted by Gasteiger charge is 2.24. The number of primary amides is 1. The van der Waals surface area contributed by atoms with Gasteiger partial charge in [-0.15, -0.1) is 11.3 Å². The third-order valence-corrected chi connectivity index (χ3v) is 6.01. The molecule has 1 aliphatic carbocycles. The minimum atomic E-state index is -0.495. The fraction of sp³-hybridized carbons (Fsp3) is 0.381. The predicted octanol–water partition coefficient (Wildman–Crippen LogP) is 2.80. The van der Waals surface area contributed by atoms with Crippen molar-refractivity contribution in [3.8, 4) is 0 Å². The number of amides is 3. The van der Waals surface area contributed by atoms with Crippen LogP contribution in [0.15, 0.2) is 30.3 Å². The van der Waals surface area contributed by atoms with E-state index in [-0.39, 0.29) is 31.2 Å². The van der Waals surface area contributed by atoms with Crippen LogP contribution in [0, 0.1) is 0 Å². The Morgan fingerprint density at radius 2 is 1.75 bits per heavy atom. The number of carbonyl (C=O) groups excluding carboxylic acids is 3. The maximum atomic E-state index is 12.3. The topological polar surface area (TPSA) is 101 Å². The van der Waals surface area contributed by atoms with Gasteiger partial charge in [-0.2, -0.15) is 0 Å². The molecule has 0 aliphatic heterocycles. The number of anilines is 1. The molecule has 0 saturated carbocycles. The zero-order valence-electron chi connectivity index (χ0n) is 15.8. The van der Waals surface area contributed by atoms with Gasteiger partial charge in [0.2, 0.25) is 11.8 Å². The number of hydrogen-bond donors (Lipinski definition) is 3. The average molecular weight is 400 g/mol. The molecule has 1 aromatic heterocycles. The second-order valence-corrected chi connectivity index (χ2v) is 8.05. The van der Waals surface area contributed by atoms with E-state index in [0.717, 1.165) is 48.1 Å². The fourth-order valence-corrected chi connectivity index (χ4v) is 4.75. The molecule has 148 valence electrons. The summed E-state index contributed by atoms with van der Waals surface area (Å²) < 4.78 is 0. The van der Waals surface area contributed by atoms with Gasteiger partial charge in [-0.25, -0.2) is 0 Å². The van der Waals surface area contributed by atoms with Gasteiger partial charge in [0, 0.05) is 17.8 Å². The van der Waals surface area contributed by atoms with E-state index in [9.17, 15) is 14.4 Å². The van der Waals surface area contributed by atoms with Gasteiger partial charge in [-0.05, 0) is 36.8 Å². The third kappa shape index (κ3) is 5.19. The number of hydrogen-bond acceptors (Lipinski definition) is 4. The highest BCUT2D eigenvalue weighted by atomic mass is 32.1. The number of aryl methyl sites for hydroxylation is 1. The highest BCUT2D eigenvalue weighted by Crippen LogP contribution is 2.37. The molecule has 28 heavy (non-hydrogen) atoms. The summed E-state index contributed by atoms with van der Waals surface area (Å²) in [5, 5.41) is 6.12. The van der Waals surface area contributed by atoms with Crippen LogP contribution in [0.2, 0.25) is 0 Å². The van der Waals surface area contributed by atoms with Crippen molar-refractivity contribution in [1.82, 2.24) is 5.32 Å². The normalized spacial score (nSPS) is 13.3. The number of carbonyl (C=O) groups is 3. The number of benzene rings is 1. The van der Waals surface area contributed by atoms with Gasteiger partial charge in [0.25, 0.3) is 5.91 Å². The van der Waals surface area contributed by atoms with Crippen LogP contribution in [0.3, 0.4) is 0 Å². The Kier molecular flexibility index (Phi) is 6.81. The first-order valence-corrected chi connectivity index (χ1v) is 10.4. The van der Waals surface area contributed by atoms with Crippen molar-refractivity contribution in [1.29, 1.82) is 0 Å². The molecule has 0 radical (unpaired) electrons. The van der Waals surface area contributed by atoms with Gasteiger partial charge in [-0.3, -0.25) is 14.4 Å². The molecule has 3 amide bonds. The number of fused-ring (bicyclic) bond motifs is 1. The number of rotatable bonds is 7. The Balaban J connectivity index is 1.53. The molecule has 0 bridgehead atoms. The average Bonchev–Trinajstić information content (AvgIpc) is 2.83. The van der Waals surface area contributed by atoms with Gasteiger partial charge in [-0.1, -0.05) is 36.8 Å². The quantitative estimate of drug-likeness (QED) is 0.624. The molecule has 0 unspecified atom stereocenters. The number of nitrogens with two attached hydrogens (primary N) is 1. The Labute approximate surface area is 168 Å². The maximum Gasteiger partial charge on any atom is 0.251 e. The molecular formula is C21H25N3O3S. The monoisotopic (exact) mass is 399 g/mol. The Morgan fingerprint density at radius 1 is 1.00 bits per heavy atom. The molecule has 1 aromatic carbocycles. The van der Waals surface area contributed by atoms with Crippen LogP contribution in [-0.2, 0) is 28.9 Å². The first kappa shape index (κ1) is 20.1. The molecule has 6 nitrogen and oxygen atoms in total. The molecule has 0 saturated heterocycles. The van der Waals surface area contributed by atoms with Crippen molar-refractivity contribution in [3.63, 3.8) is 0 Å². The largest absolute Gasteiger partial charge is 0.365 e. The van der Waals surface area contributed by atoms with E-state index < -0.39 is 5.91 Å². The Bertz CT molecular complexity index is 861. The van der Waals surface area contributed by atoms with Crippen molar-refractivity contribution in [3.05, 3.63) is 51.9 Å². The fourth-order valence-electron chi connectivity index (χ4n) is 3.44. The van der Waals surface area contributed by atoms with Gasteiger partial charge in [0.1, 0.15) is 5.00 Å². The first-order chi connectivity index (χ1) is 13.5. The number of thiophene rings is 1. The van der Waals surface area contributed by atoms with E-state index >= 15 is 0 Å². The summed E-state index contributed by atoms with van der Waals surface area (Å²) >= 11 is 1.45. The van der Waals surface area contributed by atoms with E-state index in [1.807, 2.05) is 30.3 Å². The second-order valence-electron chi connectivity index (χ2n) is 6.94. The summed E-state index contributed by atoms with van der Waals surface area (Å²) in [4.78, 5) is 37.4. The van der Waals surface area contributed by atoms with Gasteiger partial charge in [0.05, 0.1) is 12.0 Å². The van der Waals surface area contributed by atoms with Crippen LogP contribution in [0.1, 0.15) is 52.0 Å². The van der Waals surface area contributed by atoms with Crippen LogP contribution in [-0.4, -0.2) is 24.3 Å². The minimum absolute atomic E-state index is 0.125. The van der Waals surface area contributed by atoms with Crippen molar-refractivity contribution in [2.75, 3.05) is 11.9 Å². The lowest BCUT2D eigenvalue weighted by Crippen LogP contribution is -2.29. The summed E-state index contributed by atoms with van der Waals surface area (Å²) in [5.41, 5.74) is 7.97. The van der Waals surface area contributed by atoms with Crippen molar-refractivity contribution < 1.29 is 14.4 Å². The van der Waals surface area contributed by atoms with Crippen molar-refractivity contribution >= 4 is 34.1 Å². The zero-order chi connectivity index (χ0) is 19.9. The molecule has 4 N–H and O–H groups in total. The van der Waals surface area contributed by atoms with E-state index in [0.29, 0.717) is 10.6 Å². The summed E-state index contributed by atoms with van der Waals surface area (Å²) in [5.74, 6) is -0.857. The molecule has 0 fully saturated rings. The zero-order valence-corrected chi connectivity index (χ0v) is 16.6. The Morgan fingerprint density at radius 3 is 2.50 bits per heavy atom. The van der Waals surface area contributed by atoms with E-state index in [1.165, 1.54) is 11.3 Å². The van der Waals surface area contributed by atoms with Crippen LogP contribution >= 0.6 is 11.3 Å². The smallest absolute Gasteiger partial charge is 0.251 e. The highest BCUT2D eigenvalue weighted by molar-refractivity contribution is 7.17. The van der Waals surface area contributed by atoms with Crippen molar-refractivity contribution in [2.45, 2.75) is 44.9 Å². The summed E-state index contributed by atoms with van der Waals surface area (Å²) in [6.45, 7) is 0.245. The molecule has 3 rings (SSSR count). The third-order valence-electron chi connectivity index (χ3n) is 4.80. The van der Waals surface area contributed by atoms with E-state index in [2.05, 4.69) is 10.6 Å². The standard InChI is InChI=1S/C21H25N3O3S/c22-20(27)19-15-9-5-2-6-10-16(15)28-21(19)24-17(25)11-12-23-18(26)13-14-7-3-1-4-8-14/h1,3-4,7-8H,2,5-6,9-13H2,(H2,22,27)(H,23,26)(H,24,25). The summed E-state index contributed by atoms with van der Waals surface area (Å²) in [7, 11) is 0. The number of nitrogens with one attached hydrogen (secondary N) is 2. The molecule has 7 heteroatoms. The lowest BCUT2D eigenvalue weighted by Gasteiger charge is -2.07. The van der Waals surface area contributed by atoms with Crippen LogP contribution in [0.4, 0.5) is 5.00 Å². The molecule has 2 aromatic rings. The van der Waals surface area contributed by atoms with Crippen molar-refractivity contribution in [2.24, 2.45) is 5.73 Å². The molecule has 0 atom stereocenters. The lowest BCUT2D eigenvalue weighted by molar-refractivity contribution is -0.120. The predicted molar refractivity (Wildman–Crippen MR) is 110 cm³/mol.